The van der Waals surface area contributed by atoms with Gasteiger partial charge in [0.25, 0.3) is 5.69 Å². The van der Waals surface area contributed by atoms with Gasteiger partial charge in [0.15, 0.2) is 0 Å². The number of nitro groups is 1. The minimum atomic E-state index is -0.699. The zero-order valence-corrected chi connectivity index (χ0v) is 11.9. The van der Waals surface area contributed by atoms with Crippen LogP contribution in [0.4, 0.5) is 10.1 Å². The first kappa shape index (κ1) is 15.0. The number of halogens is 1. The molecule has 2 aromatic carbocycles. The minimum Gasteiger partial charge on any atom is -0.457 e. The highest BCUT2D eigenvalue weighted by atomic mass is 19.1. The molecule has 4 nitrogen and oxygen atoms in total. The molecule has 0 saturated heterocycles. The van der Waals surface area contributed by atoms with Crippen molar-refractivity contribution in [1.82, 2.24) is 0 Å². The fourth-order valence-corrected chi connectivity index (χ4v) is 1.95. The summed E-state index contributed by atoms with van der Waals surface area (Å²) in [5, 5.41) is 10.7. The Hall–Kier alpha value is -2.43. The molecular formula is C16H16FNO3. The molecule has 0 heterocycles. The van der Waals surface area contributed by atoms with E-state index < -0.39 is 10.7 Å². The molecule has 0 fully saturated rings. The van der Waals surface area contributed by atoms with Gasteiger partial charge in [-0.05, 0) is 30.0 Å². The third-order valence-corrected chi connectivity index (χ3v) is 3.36. The molecular weight excluding hydrogens is 273 g/mol. The van der Waals surface area contributed by atoms with Crippen molar-refractivity contribution in [1.29, 1.82) is 0 Å². The number of rotatable bonds is 5. The van der Waals surface area contributed by atoms with Gasteiger partial charge in [-0.15, -0.1) is 0 Å². The van der Waals surface area contributed by atoms with Crippen molar-refractivity contribution in [3.05, 3.63) is 64.0 Å². The van der Waals surface area contributed by atoms with Crippen molar-refractivity contribution < 1.29 is 14.1 Å². The van der Waals surface area contributed by atoms with Gasteiger partial charge in [0, 0.05) is 6.07 Å². The van der Waals surface area contributed by atoms with Crippen molar-refractivity contribution >= 4 is 5.69 Å². The standard InChI is InChI=1S/C16H16FNO3/c1-3-11(2)12-4-6-15(7-5-12)21-16-9-13(17)8-14(10-16)18(19)20/h4-11H,3H2,1-2H3. The van der Waals surface area contributed by atoms with Crippen LogP contribution in [0.25, 0.3) is 0 Å². The van der Waals surface area contributed by atoms with E-state index in [-0.39, 0.29) is 11.4 Å². The average Bonchev–Trinajstić information content (AvgIpc) is 2.46. The highest BCUT2D eigenvalue weighted by Crippen LogP contribution is 2.28. The van der Waals surface area contributed by atoms with Crippen LogP contribution < -0.4 is 4.74 Å². The third-order valence-electron chi connectivity index (χ3n) is 3.36. The van der Waals surface area contributed by atoms with Gasteiger partial charge in [0.2, 0.25) is 0 Å². The second-order valence-electron chi connectivity index (χ2n) is 4.88. The Balaban J connectivity index is 2.20. The van der Waals surface area contributed by atoms with E-state index in [9.17, 15) is 14.5 Å². The lowest BCUT2D eigenvalue weighted by molar-refractivity contribution is -0.385. The maximum Gasteiger partial charge on any atom is 0.276 e. The number of nitrogens with zero attached hydrogens (tertiary/aromatic N) is 1. The molecule has 21 heavy (non-hydrogen) atoms. The highest BCUT2D eigenvalue weighted by Gasteiger charge is 2.11. The smallest absolute Gasteiger partial charge is 0.276 e. The summed E-state index contributed by atoms with van der Waals surface area (Å²) in [5.74, 6) is 0.379. The van der Waals surface area contributed by atoms with Crippen LogP contribution in [0.3, 0.4) is 0 Å². The molecule has 0 aliphatic rings. The molecule has 1 atom stereocenters. The Kier molecular flexibility index (Phi) is 4.52. The SMILES string of the molecule is CCC(C)c1ccc(Oc2cc(F)cc([N+](=O)[O-])c2)cc1. The lowest BCUT2D eigenvalue weighted by Crippen LogP contribution is -1.93. The van der Waals surface area contributed by atoms with Crippen LogP contribution in [0.15, 0.2) is 42.5 Å². The van der Waals surface area contributed by atoms with Crippen LogP contribution in [0.5, 0.6) is 11.5 Å². The molecule has 0 saturated carbocycles. The summed E-state index contributed by atoms with van der Waals surface area (Å²) in [6.45, 7) is 4.24. The Morgan fingerprint density at radius 3 is 2.43 bits per heavy atom. The van der Waals surface area contributed by atoms with E-state index in [2.05, 4.69) is 13.8 Å². The monoisotopic (exact) mass is 289 g/mol. The van der Waals surface area contributed by atoms with E-state index >= 15 is 0 Å². The maximum absolute atomic E-state index is 13.3. The Morgan fingerprint density at radius 1 is 1.19 bits per heavy atom. The van der Waals surface area contributed by atoms with E-state index in [1.54, 1.807) is 12.1 Å². The summed E-state index contributed by atoms with van der Waals surface area (Å²) in [4.78, 5) is 10.0. The summed E-state index contributed by atoms with van der Waals surface area (Å²) < 4.78 is 18.8. The third kappa shape index (κ3) is 3.78. The van der Waals surface area contributed by atoms with Gasteiger partial charge in [0.1, 0.15) is 17.3 Å². The first-order chi connectivity index (χ1) is 9.99. The summed E-state index contributed by atoms with van der Waals surface area (Å²) in [6, 6.07) is 10.6. The molecule has 2 aromatic rings. The number of hydrogen-bond donors (Lipinski definition) is 0. The van der Waals surface area contributed by atoms with Crippen LogP contribution in [-0.2, 0) is 0 Å². The lowest BCUT2D eigenvalue weighted by Gasteiger charge is -2.10. The fraction of sp³-hybridized carbons (Fsp3) is 0.250. The van der Waals surface area contributed by atoms with Crippen LogP contribution in [0, 0.1) is 15.9 Å². The van der Waals surface area contributed by atoms with Crippen LogP contribution in [0.1, 0.15) is 31.7 Å². The van der Waals surface area contributed by atoms with E-state index in [1.165, 1.54) is 11.6 Å². The Morgan fingerprint density at radius 2 is 1.86 bits per heavy atom. The molecule has 0 spiro atoms. The second-order valence-corrected chi connectivity index (χ2v) is 4.88. The molecule has 2 rings (SSSR count). The van der Waals surface area contributed by atoms with Crippen LogP contribution >= 0.6 is 0 Å². The molecule has 0 amide bonds. The Labute approximate surface area is 122 Å². The van der Waals surface area contributed by atoms with Crippen molar-refractivity contribution in [3.8, 4) is 11.5 Å². The van der Waals surface area contributed by atoms with E-state index in [0.717, 1.165) is 18.6 Å². The average molecular weight is 289 g/mol. The first-order valence-corrected chi connectivity index (χ1v) is 6.72. The molecule has 0 aromatic heterocycles. The summed E-state index contributed by atoms with van der Waals surface area (Å²) in [6.07, 6.45) is 1.04. The van der Waals surface area contributed by atoms with Gasteiger partial charge in [-0.1, -0.05) is 26.0 Å². The number of non-ortho nitro benzene ring substituents is 1. The maximum atomic E-state index is 13.3. The van der Waals surface area contributed by atoms with Gasteiger partial charge in [-0.25, -0.2) is 4.39 Å². The highest BCUT2D eigenvalue weighted by molar-refractivity contribution is 5.41. The number of ether oxygens (including phenoxy) is 1. The van der Waals surface area contributed by atoms with Gasteiger partial charge in [-0.3, -0.25) is 10.1 Å². The molecule has 110 valence electrons. The molecule has 0 aliphatic carbocycles. The molecule has 0 aliphatic heterocycles. The minimum absolute atomic E-state index is 0.109. The van der Waals surface area contributed by atoms with Crippen LogP contribution in [0.2, 0.25) is 0 Å². The predicted molar refractivity (Wildman–Crippen MR) is 78.3 cm³/mol. The van der Waals surface area contributed by atoms with E-state index in [0.29, 0.717) is 11.7 Å². The summed E-state index contributed by atoms with van der Waals surface area (Å²) in [7, 11) is 0. The van der Waals surface area contributed by atoms with Crippen LogP contribution in [-0.4, -0.2) is 4.92 Å². The van der Waals surface area contributed by atoms with Crippen molar-refractivity contribution in [2.24, 2.45) is 0 Å². The molecule has 5 heteroatoms. The Bertz CT molecular complexity index is 640. The predicted octanol–water partition coefficient (Wildman–Crippen LogP) is 5.04. The van der Waals surface area contributed by atoms with Crippen molar-refractivity contribution in [2.75, 3.05) is 0 Å². The zero-order chi connectivity index (χ0) is 15.4. The number of benzene rings is 2. The number of nitro benzene ring substituents is 1. The zero-order valence-electron chi connectivity index (χ0n) is 11.9. The van der Waals surface area contributed by atoms with Gasteiger partial charge < -0.3 is 4.74 Å². The normalized spacial score (nSPS) is 12.0. The van der Waals surface area contributed by atoms with Gasteiger partial charge >= 0.3 is 0 Å². The largest absolute Gasteiger partial charge is 0.457 e. The van der Waals surface area contributed by atoms with E-state index in [1.807, 2.05) is 12.1 Å². The van der Waals surface area contributed by atoms with Crippen molar-refractivity contribution in [2.45, 2.75) is 26.2 Å². The van der Waals surface area contributed by atoms with E-state index in [4.69, 9.17) is 4.74 Å². The lowest BCUT2D eigenvalue weighted by atomic mass is 9.99. The first-order valence-electron chi connectivity index (χ1n) is 6.72. The molecule has 0 radical (unpaired) electrons. The van der Waals surface area contributed by atoms with Gasteiger partial charge in [-0.2, -0.15) is 0 Å². The molecule has 0 N–H and O–H groups in total. The second kappa shape index (κ2) is 6.35. The summed E-state index contributed by atoms with van der Waals surface area (Å²) >= 11 is 0. The fourth-order valence-electron chi connectivity index (χ4n) is 1.95. The molecule has 1 unspecified atom stereocenters. The number of hydrogen-bond acceptors (Lipinski definition) is 3. The topological polar surface area (TPSA) is 52.4 Å². The van der Waals surface area contributed by atoms with Crippen molar-refractivity contribution in [3.63, 3.8) is 0 Å². The summed E-state index contributed by atoms with van der Waals surface area (Å²) in [5.41, 5.74) is 0.858. The van der Waals surface area contributed by atoms with Gasteiger partial charge in [0.05, 0.1) is 17.1 Å². The quantitative estimate of drug-likeness (QED) is 0.572. The molecule has 0 bridgehead atoms.